The number of hydrogen-bond acceptors (Lipinski definition) is 5. The zero-order valence-electron chi connectivity index (χ0n) is 19.2. The number of methoxy groups -OCH3 is 1. The number of nitrogens with one attached hydrogen (secondary N) is 2. The molecule has 0 unspecified atom stereocenters. The first-order valence-electron chi connectivity index (χ1n) is 10.9. The molecule has 0 radical (unpaired) electrons. The topological polar surface area (TPSA) is 76.7 Å². The molecule has 0 bridgehead atoms. The van der Waals surface area contributed by atoms with Crippen LogP contribution < -0.4 is 20.1 Å². The highest BCUT2D eigenvalue weighted by Crippen LogP contribution is 2.28. The van der Waals surface area contributed by atoms with E-state index in [0.717, 1.165) is 17.5 Å². The highest BCUT2D eigenvalue weighted by atomic mass is 32.1. The predicted octanol–water partition coefficient (Wildman–Crippen LogP) is 5.04. The monoisotopic (exact) mass is 466 g/mol. The van der Waals surface area contributed by atoms with E-state index in [9.17, 15) is 9.59 Å². The maximum atomic E-state index is 12.5. The fourth-order valence-corrected chi connectivity index (χ4v) is 3.72. The van der Waals surface area contributed by atoms with Gasteiger partial charge in [0.05, 0.1) is 18.6 Å². The molecule has 0 aliphatic carbocycles. The van der Waals surface area contributed by atoms with Gasteiger partial charge in [-0.25, -0.2) is 0 Å². The van der Waals surface area contributed by atoms with Gasteiger partial charge in [0.2, 0.25) is 0 Å². The van der Waals surface area contributed by atoms with E-state index < -0.39 is 0 Å². The number of rotatable bonds is 11. The number of thiophene rings is 1. The van der Waals surface area contributed by atoms with Gasteiger partial charge in [0, 0.05) is 18.7 Å². The third kappa shape index (κ3) is 7.36. The number of ether oxygens (including phenoxy) is 2. The van der Waals surface area contributed by atoms with Crippen LogP contribution in [-0.4, -0.2) is 25.5 Å². The molecule has 0 aliphatic heterocycles. The van der Waals surface area contributed by atoms with Crippen molar-refractivity contribution in [3.05, 3.63) is 81.5 Å². The van der Waals surface area contributed by atoms with Gasteiger partial charge in [0.1, 0.15) is 0 Å². The summed E-state index contributed by atoms with van der Waals surface area (Å²) in [5.74, 6) is 1.66. The van der Waals surface area contributed by atoms with Gasteiger partial charge in [-0.15, -0.1) is 11.3 Å². The fourth-order valence-electron chi connectivity index (χ4n) is 3.08. The Balaban J connectivity index is 1.50. The Labute approximate surface area is 198 Å². The molecule has 0 saturated carbocycles. The van der Waals surface area contributed by atoms with Crippen molar-refractivity contribution in [2.45, 2.75) is 33.4 Å². The molecule has 174 valence electrons. The Bertz CT molecular complexity index is 1050. The molecule has 2 amide bonds. The quantitative estimate of drug-likeness (QED) is 0.415. The van der Waals surface area contributed by atoms with Gasteiger partial charge in [-0.1, -0.05) is 38.1 Å². The summed E-state index contributed by atoms with van der Waals surface area (Å²) in [5.41, 5.74) is 2.41. The molecule has 1 aromatic heterocycles. The first-order valence-corrected chi connectivity index (χ1v) is 11.8. The van der Waals surface area contributed by atoms with Crippen molar-refractivity contribution in [1.82, 2.24) is 10.6 Å². The maximum absolute atomic E-state index is 12.5. The number of benzene rings is 2. The zero-order chi connectivity index (χ0) is 23.6. The third-order valence-electron chi connectivity index (χ3n) is 5.05. The summed E-state index contributed by atoms with van der Waals surface area (Å²) >= 11 is 1.40. The summed E-state index contributed by atoms with van der Waals surface area (Å²) in [6.07, 6.45) is 0.973. The molecular weight excluding hydrogens is 436 g/mol. The fraction of sp³-hybridized carbons (Fsp3) is 0.308. The molecule has 2 aromatic carbocycles. The Hall–Kier alpha value is -3.32. The van der Waals surface area contributed by atoms with Crippen LogP contribution in [0.4, 0.5) is 0 Å². The molecule has 0 aliphatic rings. The van der Waals surface area contributed by atoms with Crippen LogP contribution in [-0.2, 0) is 13.1 Å². The molecule has 6 nitrogen and oxygen atoms in total. The van der Waals surface area contributed by atoms with Crippen molar-refractivity contribution >= 4 is 23.2 Å². The van der Waals surface area contributed by atoms with Crippen molar-refractivity contribution in [3.63, 3.8) is 0 Å². The molecule has 7 heteroatoms. The second-order valence-electron chi connectivity index (χ2n) is 8.06. The molecule has 0 spiro atoms. The zero-order valence-corrected chi connectivity index (χ0v) is 20.0. The number of carbonyl (C=O) groups excluding carboxylic acids is 2. The molecule has 1 heterocycles. The largest absolute Gasteiger partial charge is 0.493 e. The first kappa shape index (κ1) is 24.3. The van der Waals surface area contributed by atoms with Crippen LogP contribution in [0.1, 0.15) is 51.4 Å². The lowest BCUT2D eigenvalue weighted by Gasteiger charge is -2.13. The minimum atomic E-state index is -0.166. The smallest absolute Gasteiger partial charge is 0.261 e. The molecule has 33 heavy (non-hydrogen) atoms. The van der Waals surface area contributed by atoms with Gasteiger partial charge in [0.15, 0.2) is 11.5 Å². The standard InChI is InChI=1S/C26H30N2O4S/c1-18(2)12-13-32-22-11-8-20(15-23(22)31-3)17-27-25(29)21-9-6-19(7-10-21)16-28-26(30)24-5-4-14-33-24/h4-11,14-15,18H,12-13,16-17H2,1-3H3,(H,27,29)(H,28,30). The van der Waals surface area contributed by atoms with E-state index >= 15 is 0 Å². The normalized spacial score (nSPS) is 10.7. The van der Waals surface area contributed by atoms with E-state index in [1.165, 1.54) is 11.3 Å². The lowest BCUT2D eigenvalue weighted by atomic mass is 10.1. The molecule has 0 atom stereocenters. The molecule has 3 rings (SSSR count). The van der Waals surface area contributed by atoms with Crippen molar-refractivity contribution in [3.8, 4) is 11.5 Å². The van der Waals surface area contributed by atoms with Gasteiger partial charge < -0.3 is 20.1 Å². The average molecular weight is 467 g/mol. The molecule has 0 saturated heterocycles. The lowest BCUT2D eigenvalue weighted by Crippen LogP contribution is -2.23. The van der Waals surface area contributed by atoms with E-state index in [4.69, 9.17) is 9.47 Å². The van der Waals surface area contributed by atoms with E-state index in [2.05, 4.69) is 24.5 Å². The summed E-state index contributed by atoms with van der Waals surface area (Å²) < 4.78 is 11.3. The van der Waals surface area contributed by atoms with Crippen LogP contribution in [0.15, 0.2) is 60.0 Å². The van der Waals surface area contributed by atoms with Crippen LogP contribution in [0.25, 0.3) is 0 Å². The van der Waals surface area contributed by atoms with Crippen LogP contribution in [0.2, 0.25) is 0 Å². The number of amides is 2. The molecule has 3 aromatic rings. The van der Waals surface area contributed by atoms with Gasteiger partial charge in [-0.05, 0) is 59.2 Å². The number of hydrogen-bond donors (Lipinski definition) is 2. The van der Waals surface area contributed by atoms with Crippen molar-refractivity contribution in [2.24, 2.45) is 5.92 Å². The van der Waals surface area contributed by atoms with Crippen molar-refractivity contribution in [1.29, 1.82) is 0 Å². The number of carbonyl (C=O) groups is 2. The van der Waals surface area contributed by atoms with Crippen LogP contribution in [0.3, 0.4) is 0 Å². The van der Waals surface area contributed by atoms with Gasteiger partial charge in [-0.3, -0.25) is 9.59 Å². The summed E-state index contributed by atoms with van der Waals surface area (Å²) in [6, 6.07) is 16.5. The second kappa shape index (κ2) is 12.1. The Morgan fingerprint density at radius 2 is 1.61 bits per heavy atom. The second-order valence-corrected chi connectivity index (χ2v) is 9.00. The predicted molar refractivity (Wildman–Crippen MR) is 131 cm³/mol. The Morgan fingerprint density at radius 3 is 2.27 bits per heavy atom. The SMILES string of the molecule is COc1cc(CNC(=O)c2ccc(CNC(=O)c3cccs3)cc2)ccc1OCCC(C)C. The minimum absolute atomic E-state index is 0.0985. The van der Waals surface area contributed by atoms with Crippen molar-refractivity contribution in [2.75, 3.05) is 13.7 Å². The maximum Gasteiger partial charge on any atom is 0.261 e. The summed E-state index contributed by atoms with van der Waals surface area (Å²) in [5, 5.41) is 7.68. The first-order chi connectivity index (χ1) is 16.0. The summed E-state index contributed by atoms with van der Waals surface area (Å²) in [7, 11) is 1.61. The summed E-state index contributed by atoms with van der Waals surface area (Å²) in [6.45, 7) is 5.73. The summed E-state index contributed by atoms with van der Waals surface area (Å²) in [4.78, 5) is 25.3. The Morgan fingerprint density at radius 1 is 0.909 bits per heavy atom. The average Bonchev–Trinajstić information content (AvgIpc) is 3.37. The minimum Gasteiger partial charge on any atom is -0.493 e. The molecular formula is C26H30N2O4S. The van der Waals surface area contributed by atoms with Crippen molar-refractivity contribution < 1.29 is 19.1 Å². The van der Waals surface area contributed by atoms with E-state index in [0.29, 0.717) is 47.6 Å². The van der Waals surface area contributed by atoms with E-state index in [-0.39, 0.29) is 11.8 Å². The highest BCUT2D eigenvalue weighted by Gasteiger charge is 2.10. The van der Waals surface area contributed by atoms with Crippen LogP contribution in [0, 0.1) is 5.92 Å². The van der Waals surface area contributed by atoms with Gasteiger partial charge >= 0.3 is 0 Å². The lowest BCUT2D eigenvalue weighted by molar-refractivity contribution is 0.0943. The molecule has 0 fully saturated rings. The highest BCUT2D eigenvalue weighted by molar-refractivity contribution is 7.12. The van der Waals surface area contributed by atoms with E-state index in [1.807, 2.05) is 41.8 Å². The molecule has 2 N–H and O–H groups in total. The van der Waals surface area contributed by atoms with Gasteiger partial charge in [-0.2, -0.15) is 0 Å². The Kier molecular flexibility index (Phi) is 8.89. The van der Waals surface area contributed by atoms with Crippen LogP contribution in [0.5, 0.6) is 11.5 Å². The van der Waals surface area contributed by atoms with Gasteiger partial charge in [0.25, 0.3) is 11.8 Å². The van der Waals surface area contributed by atoms with E-state index in [1.54, 1.807) is 25.3 Å². The third-order valence-corrected chi connectivity index (χ3v) is 5.92. The van der Waals surface area contributed by atoms with Crippen LogP contribution >= 0.6 is 11.3 Å².